The zero-order valence-corrected chi connectivity index (χ0v) is 14.5. The molecular formula is C17H32N4O. The van der Waals surface area contributed by atoms with E-state index < -0.39 is 0 Å². The van der Waals surface area contributed by atoms with E-state index in [-0.39, 0.29) is 6.61 Å². The first-order chi connectivity index (χ1) is 10.5. The molecule has 5 nitrogen and oxygen atoms in total. The maximum Gasteiger partial charge on any atom is 0.0650 e. The summed E-state index contributed by atoms with van der Waals surface area (Å²) < 4.78 is 0. The van der Waals surface area contributed by atoms with Gasteiger partial charge in [-0.2, -0.15) is 5.10 Å². The maximum absolute atomic E-state index is 9.35. The molecule has 0 saturated carbocycles. The average Bonchev–Trinajstić information content (AvgIpc) is 2.90. The highest BCUT2D eigenvalue weighted by molar-refractivity contribution is 5.11. The van der Waals surface area contributed by atoms with Gasteiger partial charge in [0, 0.05) is 51.1 Å². The number of hydrogen-bond donors (Lipinski definition) is 2. The molecule has 0 spiro atoms. The molecule has 22 heavy (non-hydrogen) atoms. The van der Waals surface area contributed by atoms with Gasteiger partial charge in [-0.25, -0.2) is 0 Å². The largest absolute Gasteiger partial charge is 0.396 e. The van der Waals surface area contributed by atoms with Crippen molar-refractivity contribution in [1.29, 1.82) is 0 Å². The van der Waals surface area contributed by atoms with Gasteiger partial charge in [0.1, 0.15) is 0 Å². The number of hydrogen-bond acceptors (Lipinski definition) is 4. The van der Waals surface area contributed by atoms with E-state index in [0.717, 1.165) is 44.8 Å². The molecule has 2 heterocycles. The Balaban J connectivity index is 1.92. The van der Waals surface area contributed by atoms with E-state index in [1.807, 2.05) is 0 Å². The number of nitrogens with zero attached hydrogens (tertiary/aromatic N) is 3. The molecule has 1 fully saturated rings. The number of aliphatic hydroxyl groups excluding tert-OH is 1. The lowest BCUT2D eigenvalue weighted by atomic mass is 10.1. The molecule has 1 atom stereocenters. The Hall–Kier alpha value is -0.910. The second-order valence-electron chi connectivity index (χ2n) is 7.26. The Bertz CT molecular complexity index is 444. The van der Waals surface area contributed by atoms with Gasteiger partial charge in [0.05, 0.1) is 5.69 Å². The smallest absolute Gasteiger partial charge is 0.0650 e. The van der Waals surface area contributed by atoms with Crippen LogP contribution in [0.2, 0.25) is 0 Å². The minimum absolute atomic E-state index is 0.272. The van der Waals surface area contributed by atoms with E-state index in [1.54, 1.807) is 0 Å². The molecular weight excluding hydrogens is 276 g/mol. The number of aromatic nitrogens is 2. The summed E-state index contributed by atoms with van der Waals surface area (Å²) in [5.74, 6) is 1.14. The van der Waals surface area contributed by atoms with Gasteiger partial charge in [-0.3, -0.25) is 14.9 Å². The molecule has 5 heteroatoms. The highest BCUT2D eigenvalue weighted by Crippen LogP contribution is 2.18. The van der Waals surface area contributed by atoms with Crippen molar-refractivity contribution in [3.05, 3.63) is 17.5 Å². The summed E-state index contributed by atoms with van der Waals surface area (Å²) in [6.45, 7) is 14.4. The number of aliphatic hydroxyl groups is 1. The summed E-state index contributed by atoms with van der Waals surface area (Å²) in [4.78, 5) is 5.03. The van der Waals surface area contributed by atoms with Gasteiger partial charge >= 0.3 is 0 Å². The monoisotopic (exact) mass is 308 g/mol. The summed E-state index contributed by atoms with van der Waals surface area (Å²) in [6, 6.07) is 2.65. The molecule has 126 valence electrons. The Morgan fingerprint density at radius 1 is 1.32 bits per heavy atom. The van der Waals surface area contributed by atoms with Crippen LogP contribution in [-0.2, 0) is 6.54 Å². The third-order valence-corrected chi connectivity index (χ3v) is 4.39. The van der Waals surface area contributed by atoms with Gasteiger partial charge < -0.3 is 5.11 Å². The van der Waals surface area contributed by atoms with Crippen molar-refractivity contribution >= 4 is 0 Å². The van der Waals surface area contributed by atoms with Crippen LogP contribution < -0.4 is 0 Å². The summed E-state index contributed by atoms with van der Waals surface area (Å²) in [5, 5.41) is 16.9. The first-order valence-electron chi connectivity index (χ1n) is 8.61. The third kappa shape index (κ3) is 4.80. The molecule has 1 aromatic rings. The fourth-order valence-corrected chi connectivity index (χ4v) is 3.23. The zero-order chi connectivity index (χ0) is 16.1. The molecule has 1 saturated heterocycles. The van der Waals surface area contributed by atoms with E-state index >= 15 is 0 Å². The van der Waals surface area contributed by atoms with Crippen molar-refractivity contribution < 1.29 is 5.11 Å². The Labute approximate surface area is 134 Å². The molecule has 2 rings (SSSR count). The quantitative estimate of drug-likeness (QED) is 0.809. The van der Waals surface area contributed by atoms with Crippen LogP contribution in [0, 0.1) is 5.92 Å². The van der Waals surface area contributed by atoms with Gasteiger partial charge in [-0.1, -0.05) is 27.7 Å². The van der Waals surface area contributed by atoms with Crippen LogP contribution >= 0.6 is 0 Å². The van der Waals surface area contributed by atoms with Crippen LogP contribution in [0.4, 0.5) is 0 Å². The van der Waals surface area contributed by atoms with E-state index in [4.69, 9.17) is 0 Å². The Kier molecular flexibility index (Phi) is 6.41. The number of piperazine rings is 1. The second-order valence-corrected chi connectivity index (χ2v) is 7.26. The van der Waals surface area contributed by atoms with E-state index in [1.165, 1.54) is 5.69 Å². The lowest BCUT2D eigenvalue weighted by Crippen LogP contribution is -2.53. The van der Waals surface area contributed by atoms with E-state index in [9.17, 15) is 5.11 Å². The molecule has 0 aromatic carbocycles. The lowest BCUT2D eigenvalue weighted by molar-refractivity contribution is 0.0471. The molecule has 0 radical (unpaired) electrons. The van der Waals surface area contributed by atoms with Crippen LogP contribution in [0.3, 0.4) is 0 Å². The van der Waals surface area contributed by atoms with Gasteiger partial charge in [0.15, 0.2) is 0 Å². The van der Waals surface area contributed by atoms with Crippen LogP contribution in [0.15, 0.2) is 6.07 Å². The van der Waals surface area contributed by atoms with Crippen molar-refractivity contribution in [2.24, 2.45) is 5.92 Å². The third-order valence-electron chi connectivity index (χ3n) is 4.39. The summed E-state index contributed by atoms with van der Waals surface area (Å²) >= 11 is 0. The molecule has 1 aliphatic rings. The molecule has 1 unspecified atom stereocenters. The lowest BCUT2D eigenvalue weighted by Gasteiger charge is -2.42. The van der Waals surface area contributed by atoms with Crippen molar-refractivity contribution in [1.82, 2.24) is 20.0 Å². The second kappa shape index (κ2) is 8.09. The molecule has 0 aliphatic carbocycles. The highest BCUT2D eigenvalue weighted by Gasteiger charge is 2.27. The van der Waals surface area contributed by atoms with Crippen LogP contribution in [-0.4, -0.2) is 63.9 Å². The molecule has 2 N–H and O–H groups in total. The number of H-pyrrole nitrogens is 1. The van der Waals surface area contributed by atoms with Gasteiger partial charge in [0.25, 0.3) is 0 Å². The molecule has 0 amide bonds. The van der Waals surface area contributed by atoms with E-state index in [0.29, 0.717) is 17.9 Å². The van der Waals surface area contributed by atoms with Crippen LogP contribution in [0.1, 0.15) is 51.4 Å². The predicted octanol–water partition coefficient (Wildman–Crippen LogP) is 2.06. The fraction of sp³-hybridized carbons (Fsp3) is 0.824. The molecule has 1 aromatic heterocycles. The first-order valence-corrected chi connectivity index (χ1v) is 8.61. The SMILES string of the molecule is CC(C)CN1CCN(Cc2cc(C(C)C)n[nH]2)CC1CCO. The number of rotatable bonds is 7. The summed E-state index contributed by atoms with van der Waals surface area (Å²) in [6.07, 6.45) is 0.865. The number of nitrogens with one attached hydrogen (secondary N) is 1. The van der Waals surface area contributed by atoms with Crippen molar-refractivity contribution in [2.75, 3.05) is 32.8 Å². The minimum Gasteiger partial charge on any atom is -0.396 e. The normalized spacial score (nSPS) is 21.1. The average molecular weight is 308 g/mol. The molecule has 0 bridgehead atoms. The Morgan fingerprint density at radius 2 is 2.09 bits per heavy atom. The molecule has 1 aliphatic heterocycles. The van der Waals surface area contributed by atoms with Gasteiger partial charge in [0.2, 0.25) is 0 Å². The zero-order valence-electron chi connectivity index (χ0n) is 14.5. The van der Waals surface area contributed by atoms with Gasteiger partial charge in [-0.05, 0) is 24.3 Å². The fourth-order valence-electron chi connectivity index (χ4n) is 3.23. The van der Waals surface area contributed by atoms with E-state index in [2.05, 4.69) is 53.8 Å². The maximum atomic E-state index is 9.35. The topological polar surface area (TPSA) is 55.4 Å². The van der Waals surface area contributed by atoms with Crippen molar-refractivity contribution in [2.45, 2.75) is 52.6 Å². The first kappa shape index (κ1) is 17.4. The van der Waals surface area contributed by atoms with Crippen molar-refractivity contribution in [3.63, 3.8) is 0 Å². The summed E-state index contributed by atoms with van der Waals surface area (Å²) in [5.41, 5.74) is 2.34. The van der Waals surface area contributed by atoms with Gasteiger partial charge in [-0.15, -0.1) is 0 Å². The van der Waals surface area contributed by atoms with Crippen LogP contribution in [0.5, 0.6) is 0 Å². The summed E-state index contributed by atoms with van der Waals surface area (Å²) in [7, 11) is 0. The predicted molar refractivity (Wildman–Crippen MR) is 89.9 cm³/mol. The minimum atomic E-state index is 0.272. The standard InChI is InChI=1S/C17H32N4O/c1-13(2)10-21-7-6-20(12-16(21)5-8-22)11-15-9-17(14(3)4)19-18-15/h9,13-14,16,22H,5-8,10-12H2,1-4H3,(H,18,19). The Morgan fingerprint density at radius 3 is 2.68 bits per heavy atom. The number of aromatic amines is 1. The van der Waals surface area contributed by atoms with Crippen molar-refractivity contribution in [3.8, 4) is 0 Å². The van der Waals surface area contributed by atoms with Crippen LogP contribution in [0.25, 0.3) is 0 Å². The highest BCUT2D eigenvalue weighted by atomic mass is 16.3.